The number of aliphatic hydroxyl groups is 5. The number of ether oxygens (including phenoxy) is 6. The maximum Gasteiger partial charge on any atom is 0.331 e. The molecule has 0 spiro atoms. The van der Waals surface area contributed by atoms with Gasteiger partial charge in [0.25, 0.3) is 0 Å². The quantitative estimate of drug-likeness (QED) is 0.0862. The van der Waals surface area contributed by atoms with Gasteiger partial charge in [-0.2, -0.15) is 0 Å². The molecule has 2 aliphatic heterocycles. The summed E-state index contributed by atoms with van der Waals surface area (Å²) in [5.74, 6) is -1.49. The van der Waals surface area contributed by atoms with Crippen molar-refractivity contribution in [1.82, 2.24) is 0 Å². The van der Waals surface area contributed by atoms with Crippen LogP contribution in [0.15, 0.2) is 42.5 Å². The van der Waals surface area contributed by atoms with E-state index in [0.717, 1.165) is 6.08 Å². The summed E-state index contributed by atoms with van der Waals surface area (Å²) >= 11 is 0. The molecule has 0 radical (unpaired) electrons. The second-order valence-electron chi connectivity index (χ2n) is 10.6. The minimum absolute atomic E-state index is 0.0649. The monoisotopic (exact) mass is 638 g/mol. The van der Waals surface area contributed by atoms with Crippen molar-refractivity contribution in [2.75, 3.05) is 20.3 Å². The van der Waals surface area contributed by atoms with E-state index in [2.05, 4.69) is 0 Å². The highest BCUT2D eigenvalue weighted by Gasteiger charge is 2.52. The first-order chi connectivity index (χ1) is 21.4. The zero-order chi connectivity index (χ0) is 32.8. The molecule has 8 N–H and O–H groups in total. The minimum atomic E-state index is -1.76. The number of hydrogen-bond donors (Lipinski definition) is 8. The number of esters is 1. The van der Waals surface area contributed by atoms with Crippen LogP contribution in [0.25, 0.3) is 6.08 Å². The summed E-state index contributed by atoms with van der Waals surface area (Å²) in [4.78, 5) is 12.9. The fraction of sp³-hybridized carbons (Fsp3) is 0.500. The zero-order valence-electron chi connectivity index (χ0n) is 24.4. The van der Waals surface area contributed by atoms with E-state index in [1.807, 2.05) is 0 Å². The van der Waals surface area contributed by atoms with Gasteiger partial charge < -0.3 is 69.3 Å². The summed E-state index contributed by atoms with van der Waals surface area (Å²) in [6, 6.07) is 8.54. The van der Waals surface area contributed by atoms with Gasteiger partial charge in [-0.25, -0.2) is 4.79 Å². The van der Waals surface area contributed by atoms with E-state index in [1.54, 1.807) is 6.07 Å². The number of phenols is 3. The van der Waals surface area contributed by atoms with Gasteiger partial charge in [-0.15, -0.1) is 0 Å². The van der Waals surface area contributed by atoms with Gasteiger partial charge in [0, 0.05) is 6.08 Å². The Morgan fingerprint density at radius 3 is 2.29 bits per heavy atom. The molecule has 2 aromatic carbocycles. The van der Waals surface area contributed by atoms with E-state index < -0.39 is 74.0 Å². The lowest BCUT2D eigenvalue weighted by molar-refractivity contribution is -0.357. The summed E-state index contributed by atoms with van der Waals surface area (Å²) in [5, 5.41) is 81.4. The summed E-state index contributed by atoms with van der Waals surface area (Å²) < 4.78 is 33.4. The SMILES string of the molecule is COc1cc(C=CC(=O)O[C@@H]2[C@H](O[C@@H]3O[C@@H](C)[C@H](O)[C@@H](O)[C@H]3O)[C@@H](O)[C@H](OCCc3ccc(O)c(O)c3)O[C@@H]2CO)ccc1O. The Bertz CT molecular complexity index is 1320. The smallest absolute Gasteiger partial charge is 0.331 e. The van der Waals surface area contributed by atoms with Crippen LogP contribution in [-0.4, -0.2) is 129 Å². The van der Waals surface area contributed by atoms with Gasteiger partial charge in [0.2, 0.25) is 0 Å². The summed E-state index contributed by atoms with van der Waals surface area (Å²) in [6.45, 7) is 0.645. The van der Waals surface area contributed by atoms with Crippen molar-refractivity contribution in [3.8, 4) is 23.0 Å². The fourth-order valence-electron chi connectivity index (χ4n) is 4.91. The number of benzene rings is 2. The van der Waals surface area contributed by atoms with E-state index in [0.29, 0.717) is 11.1 Å². The van der Waals surface area contributed by atoms with Crippen molar-refractivity contribution in [1.29, 1.82) is 0 Å². The molecular weight excluding hydrogens is 600 g/mol. The highest BCUT2D eigenvalue weighted by atomic mass is 16.7. The van der Waals surface area contributed by atoms with Crippen molar-refractivity contribution >= 4 is 12.0 Å². The third kappa shape index (κ3) is 8.21. The first-order valence-corrected chi connectivity index (χ1v) is 14.1. The maximum atomic E-state index is 12.9. The number of carbonyl (C=O) groups is 1. The number of aromatic hydroxyl groups is 3. The second-order valence-corrected chi connectivity index (χ2v) is 10.6. The molecule has 4 rings (SSSR count). The number of hydrogen-bond acceptors (Lipinski definition) is 15. The van der Waals surface area contributed by atoms with Crippen LogP contribution >= 0.6 is 0 Å². The highest BCUT2D eigenvalue weighted by Crippen LogP contribution is 2.32. The third-order valence-electron chi connectivity index (χ3n) is 7.47. The zero-order valence-corrected chi connectivity index (χ0v) is 24.4. The van der Waals surface area contributed by atoms with E-state index >= 15 is 0 Å². The molecule has 248 valence electrons. The van der Waals surface area contributed by atoms with Crippen LogP contribution in [0.4, 0.5) is 0 Å². The lowest BCUT2D eigenvalue weighted by Gasteiger charge is -2.46. The standard InChI is InChI=1S/C30H38O15/c1-14-23(36)24(37)25(38)30(42-14)45-28-26(39)29(41-10-9-16-3-6-17(32)19(34)11-16)43-21(13-31)27(28)44-22(35)8-5-15-4-7-18(33)20(12-15)40-2/h3-8,11-12,14,21,23-34,36-39H,9-10,13H2,1-2H3/t14-,21+,23-,24+,25+,26+,27-,28+,29+,30-/m0/s1. The van der Waals surface area contributed by atoms with Crippen molar-refractivity contribution in [3.05, 3.63) is 53.6 Å². The molecule has 0 unspecified atom stereocenters. The Labute approximate surface area is 258 Å². The largest absolute Gasteiger partial charge is 0.504 e. The molecule has 15 heteroatoms. The normalized spacial score (nSPS) is 32.0. The van der Waals surface area contributed by atoms with Gasteiger partial charge in [-0.1, -0.05) is 12.1 Å². The molecule has 0 aliphatic carbocycles. The van der Waals surface area contributed by atoms with Gasteiger partial charge in [-0.05, 0) is 54.8 Å². The molecule has 2 aliphatic rings. The Hall–Kier alpha value is -3.51. The van der Waals surface area contributed by atoms with Crippen molar-refractivity contribution in [2.45, 2.75) is 74.8 Å². The average Bonchev–Trinajstić information content (AvgIpc) is 3.02. The lowest BCUT2D eigenvalue weighted by Crippen LogP contribution is -2.65. The van der Waals surface area contributed by atoms with E-state index in [9.17, 15) is 45.6 Å². The lowest BCUT2D eigenvalue weighted by atomic mass is 9.97. The Morgan fingerprint density at radius 1 is 0.867 bits per heavy atom. The number of phenolic OH excluding ortho intramolecular Hbond substituents is 3. The molecule has 2 fully saturated rings. The van der Waals surface area contributed by atoms with Gasteiger partial charge in [0.15, 0.2) is 41.7 Å². The second kappa shape index (κ2) is 15.2. The molecular formula is C30H38O15. The first kappa shape index (κ1) is 34.4. The molecule has 0 saturated carbocycles. The molecule has 10 atom stereocenters. The van der Waals surface area contributed by atoms with Gasteiger partial charge in [-0.3, -0.25) is 0 Å². The highest BCUT2D eigenvalue weighted by molar-refractivity contribution is 5.87. The maximum absolute atomic E-state index is 12.9. The minimum Gasteiger partial charge on any atom is -0.504 e. The van der Waals surface area contributed by atoms with Crippen LogP contribution < -0.4 is 4.74 Å². The molecule has 2 aromatic rings. The third-order valence-corrected chi connectivity index (χ3v) is 7.47. The number of rotatable bonds is 11. The summed E-state index contributed by atoms with van der Waals surface area (Å²) in [5.41, 5.74) is 1.07. The fourth-order valence-corrected chi connectivity index (χ4v) is 4.91. The molecule has 2 saturated heterocycles. The van der Waals surface area contributed by atoms with E-state index in [1.165, 1.54) is 50.4 Å². The predicted octanol–water partition coefficient (Wildman–Crippen LogP) is -0.713. The van der Waals surface area contributed by atoms with Crippen LogP contribution in [0, 0.1) is 0 Å². The Morgan fingerprint density at radius 2 is 1.60 bits per heavy atom. The molecule has 45 heavy (non-hydrogen) atoms. The van der Waals surface area contributed by atoms with Crippen LogP contribution in [0.3, 0.4) is 0 Å². The van der Waals surface area contributed by atoms with Crippen LogP contribution in [0.5, 0.6) is 23.0 Å². The van der Waals surface area contributed by atoms with Crippen LogP contribution in [-0.2, 0) is 34.9 Å². The molecule has 0 amide bonds. The number of aliphatic hydroxyl groups excluding tert-OH is 5. The van der Waals surface area contributed by atoms with E-state index in [4.69, 9.17) is 28.4 Å². The van der Waals surface area contributed by atoms with Gasteiger partial charge >= 0.3 is 5.97 Å². The predicted molar refractivity (Wildman–Crippen MR) is 152 cm³/mol. The molecule has 0 bridgehead atoms. The summed E-state index contributed by atoms with van der Waals surface area (Å²) in [6.07, 6.45) is -12.3. The summed E-state index contributed by atoms with van der Waals surface area (Å²) in [7, 11) is 1.36. The van der Waals surface area contributed by atoms with Crippen LogP contribution in [0.2, 0.25) is 0 Å². The number of methoxy groups -OCH3 is 1. The van der Waals surface area contributed by atoms with Crippen molar-refractivity contribution < 1.29 is 74.1 Å². The Balaban J connectivity index is 1.52. The van der Waals surface area contributed by atoms with Crippen molar-refractivity contribution in [3.63, 3.8) is 0 Å². The number of carbonyl (C=O) groups excluding carboxylic acids is 1. The van der Waals surface area contributed by atoms with Gasteiger partial charge in [0.1, 0.15) is 36.6 Å². The van der Waals surface area contributed by atoms with Crippen LogP contribution in [0.1, 0.15) is 18.1 Å². The first-order valence-electron chi connectivity index (χ1n) is 14.1. The molecule has 2 heterocycles. The van der Waals surface area contributed by atoms with Gasteiger partial charge in [0.05, 0.1) is 26.4 Å². The molecule has 0 aromatic heterocycles. The average molecular weight is 639 g/mol. The topological polar surface area (TPSA) is 234 Å². The van der Waals surface area contributed by atoms with Crippen molar-refractivity contribution in [2.24, 2.45) is 0 Å². The van der Waals surface area contributed by atoms with E-state index in [-0.39, 0.29) is 36.0 Å². The Kier molecular flexibility index (Phi) is 11.6. The molecule has 15 nitrogen and oxygen atoms in total.